The number of thioether (sulfide) groups is 1. The van der Waals surface area contributed by atoms with Crippen LogP contribution in [0.4, 0.5) is 0 Å². The van der Waals surface area contributed by atoms with Crippen molar-refractivity contribution in [3.05, 3.63) is 72.3 Å². The van der Waals surface area contributed by atoms with Crippen LogP contribution in [0.1, 0.15) is 24.0 Å². The van der Waals surface area contributed by atoms with Gasteiger partial charge < -0.3 is 9.47 Å². The minimum atomic E-state index is -0.852. The molecule has 0 aromatic heterocycles. The fourth-order valence-corrected chi connectivity index (χ4v) is 8.15. The number of rotatable bonds is 5. The Kier molecular flexibility index (Phi) is 6.25. The molecular weight excluding hydrogens is 416 g/mol. The summed E-state index contributed by atoms with van der Waals surface area (Å²) in [6.45, 7) is 3.87. The average Bonchev–Trinajstić information content (AvgIpc) is 2.76. The van der Waals surface area contributed by atoms with E-state index in [0.29, 0.717) is 0 Å². The predicted octanol–water partition coefficient (Wildman–Crippen LogP) is 5.57. The van der Waals surface area contributed by atoms with Gasteiger partial charge in [-0.3, -0.25) is 0 Å². The van der Waals surface area contributed by atoms with Crippen LogP contribution in [0.2, 0.25) is 0 Å². The maximum atomic E-state index is 13.0. The second-order valence-corrected chi connectivity index (χ2v) is 10.0. The highest BCUT2D eigenvalue weighted by Gasteiger charge is 2.35. The van der Waals surface area contributed by atoms with Crippen molar-refractivity contribution in [3.8, 4) is 0 Å². The number of hydrogen-bond donors (Lipinski definition) is 0. The van der Waals surface area contributed by atoms with E-state index in [9.17, 15) is 9.59 Å². The van der Waals surface area contributed by atoms with Gasteiger partial charge in [0, 0.05) is 15.2 Å². The molecule has 0 amide bonds. The first kappa shape index (κ1) is 20.7. The van der Waals surface area contributed by atoms with Gasteiger partial charge in [0.2, 0.25) is 0 Å². The Hall–Kier alpha value is -2.57. The molecule has 6 heteroatoms. The lowest BCUT2D eigenvalue weighted by atomic mass is 10.1. The van der Waals surface area contributed by atoms with E-state index in [1.165, 1.54) is 0 Å². The fourth-order valence-electron chi connectivity index (χ4n) is 3.52. The van der Waals surface area contributed by atoms with Crippen LogP contribution in [0.3, 0.4) is 0 Å². The van der Waals surface area contributed by atoms with E-state index in [1.54, 1.807) is 25.6 Å². The smallest absolute Gasteiger partial charge is 0.351 e. The molecule has 3 aromatic rings. The Balaban J connectivity index is 2.06. The molecule has 4 rings (SSSR count). The van der Waals surface area contributed by atoms with Crippen LogP contribution in [-0.4, -0.2) is 30.0 Å². The zero-order valence-electron chi connectivity index (χ0n) is 16.8. The summed E-state index contributed by atoms with van der Waals surface area (Å²) in [6.07, 6.45) is 0. The van der Waals surface area contributed by atoms with E-state index in [4.69, 9.17) is 9.47 Å². The quantitative estimate of drug-likeness (QED) is 0.296. The minimum Gasteiger partial charge on any atom is -0.462 e. The molecule has 2 unspecified atom stereocenters. The maximum absolute atomic E-state index is 13.0. The first-order valence-corrected chi connectivity index (χ1v) is 12.0. The van der Waals surface area contributed by atoms with Gasteiger partial charge in [-0.2, -0.15) is 0 Å². The molecule has 2 atom stereocenters. The van der Waals surface area contributed by atoms with Crippen molar-refractivity contribution in [3.63, 3.8) is 0 Å². The van der Waals surface area contributed by atoms with Gasteiger partial charge in [-0.25, -0.2) is 9.59 Å². The van der Waals surface area contributed by atoms with E-state index < -0.39 is 22.4 Å². The summed E-state index contributed by atoms with van der Waals surface area (Å²) in [5, 5.41) is 2.18. The second kappa shape index (κ2) is 9.06. The summed E-state index contributed by atoms with van der Waals surface area (Å²) < 4.78 is 10.5. The van der Waals surface area contributed by atoms with E-state index in [2.05, 4.69) is 18.2 Å². The van der Waals surface area contributed by atoms with Crippen molar-refractivity contribution in [1.29, 1.82) is 0 Å². The molecule has 1 heterocycles. The number of carbonyl (C=O) groups is 2. The number of ether oxygens (including phenoxy) is 2. The van der Waals surface area contributed by atoms with Gasteiger partial charge in [-0.1, -0.05) is 54.6 Å². The maximum Gasteiger partial charge on any atom is 0.351 e. The van der Waals surface area contributed by atoms with E-state index in [0.717, 1.165) is 26.1 Å². The molecule has 0 fully saturated rings. The van der Waals surface area contributed by atoms with E-state index in [1.807, 2.05) is 48.5 Å². The zero-order valence-corrected chi connectivity index (χ0v) is 18.4. The predicted molar refractivity (Wildman–Crippen MR) is 123 cm³/mol. The third kappa shape index (κ3) is 3.77. The Labute approximate surface area is 182 Å². The number of benzene rings is 3. The molecule has 4 nitrogen and oxygen atoms in total. The topological polar surface area (TPSA) is 52.6 Å². The third-order valence-electron chi connectivity index (χ3n) is 4.73. The highest BCUT2D eigenvalue weighted by atomic mass is 32.2. The van der Waals surface area contributed by atoms with Crippen molar-refractivity contribution in [2.75, 3.05) is 13.2 Å². The largest absolute Gasteiger partial charge is 0.462 e. The van der Waals surface area contributed by atoms with Crippen LogP contribution in [0.5, 0.6) is 0 Å². The molecule has 0 radical (unpaired) electrons. The number of carbonyl (C=O) groups excluding carboxylic acids is 2. The van der Waals surface area contributed by atoms with Crippen LogP contribution in [-0.2, 0) is 19.1 Å². The van der Waals surface area contributed by atoms with Crippen molar-refractivity contribution < 1.29 is 19.1 Å². The normalized spacial score (nSPS) is 17.4. The molecule has 30 heavy (non-hydrogen) atoms. The van der Waals surface area contributed by atoms with Crippen LogP contribution < -0.4 is 0 Å². The summed E-state index contributed by atoms with van der Waals surface area (Å²) in [4.78, 5) is 28.2. The Bertz CT molecular complexity index is 1110. The number of esters is 2. The van der Waals surface area contributed by atoms with Crippen molar-refractivity contribution in [2.24, 2.45) is 0 Å². The van der Waals surface area contributed by atoms with Gasteiger partial charge in [0.15, 0.2) is 4.86 Å². The Morgan fingerprint density at radius 2 is 1.50 bits per heavy atom. The zero-order chi connectivity index (χ0) is 21.1. The van der Waals surface area contributed by atoms with Gasteiger partial charge in [-0.05, 0) is 36.9 Å². The first-order valence-electron chi connectivity index (χ1n) is 9.83. The molecule has 154 valence electrons. The van der Waals surface area contributed by atoms with Crippen LogP contribution in [0.25, 0.3) is 10.8 Å². The molecular formula is C24H22O4S2. The second-order valence-electron chi connectivity index (χ2n) is 6.58. The van der Waals surface area contributed by atoms with Gasteiger partial charge in [0.25, 0.3) is 0 Å². The van der Waals surface area contributed by atoms with Gasteiger partial charge in [0.05, 0.1) is 17.8 Å². The third-order valence-corrected chi connectivity index (χ3v) is 8.96. The Morgan fingerprint density at radius 1 is 0.867 bits per heavy atom. The van der Waals surface area contributed by atoms with Gasteiger partial charge in [-0.15, -0.1) is 22.2 Å². The lowest BCUT2D eigenvalue weighted by Crippen LogP contribution is -2.29. The van der Waals surface area contributed by atoms with Gasteiger partial charge >= 0.3 is 11.9 Å². The van der Waals surface area contributed by atoms with E-state index in [-0.39, 0.29) is 22.7 Å². The summed E-state index contributed by atoms with van der Waals surface area (Å²) in [5.41, 5.74) is 1.06. The Morgan fingerprint density at radius 3 is 2.13 bits per heavy atom. The monoisotopic (exact) mass is 438 g/mol. The molecule has 3 aromatic carbocycles. The molecule has 1 aliphatic heterocycles. The molecule has 0 bridgehead atoms. The minimum absolute atomic E-state index is 0.0852. The van der Waals surface area contributed by atoms with E-state index >= 15 is 0 Å². The SMILES string of the molecule is CCOC(=O)C(C(=O)OCC)=S1c2cccc3cccc(c23)SC1c1ccccc1. The molecule has 0 aliphatic carbocycles. The van der Waals surface area contributed by atoms with Crippen LogP contribution in [0.15, 0.2) is 76.5 Å². The highest BCUT2D eigenvalue weighted by Crippen LogP contribution is 2.60. The summed E-state index contributed by atoms with van der Waals surface area (Å²) >= 11 is 1.69. The molecule has 0 saturated heterocycles. The highest BCUT2D eigenvalue weighted by molar-refractivity contribution is 8.27. The summed E-state index contributed by atoms with van der Waals surface area (Å²) in [7, 11) is -0.852. The molecule has 1 aliphatic rings. The fraction of sp³-hybridized carbons (Fsp3) is 0.208. The average molecular weight is 439 g/mol. The molecule has 0 N–H and O–H groups in total. The number of hydrogen-bond acceptors (Lipinski definition) is 5. The summed E-state index contributed by atoms with van der Waals surface area (Å²) in [5.74, 6) is -1.20. The van der Waals surface area contributed by atoms with Gasteiger partial charge in [0.1, 0.15) is 0 Å². The van der Waals surface area contributed by atoms with Crippen LogP contribution in [0, 0.1) is 0 Å². The lowest BCUT2D eigenvalue weighted by Gasteiger charge is -2.30. The molecule has 0 saturated carbocycles. The standard InChI is InChI=1S/C24H22O4S2/c1-3-27-22(25)21(23(26)28-4-2)30-19-15-9-13-16-12-8-14-18(20(16)19)29-24(30)17-10-6-5-7-11-17/h5-15,24H,3-4H2,1-2H3. The van der Waals surface area contributed by atoms with Crippen molar-refractivity contribution in [2.45, 2.75) is 28.2 Å². The van der Waals surface area contributed by atoms with Crippen molar-refractivity contribution >= 4 is 49.8 Å². The van der Waals surface area contributed by atoms with Crippen LogP contribution >= 0.6 is 22.2 Å². The molecule has 0 spiro atoms. The lowest BCUT2D eigenvalue weighted by molar-refractivity contribution is -0.140. The van der Waals surface area contributed by atoms with Crippen molar-refractivity contribution in [1.82, 2.24) is 0 Å². The first-order chi connectivity index (χ1) is 14.7. The summed E-state index contributed by atoms with van der Waals surface area (Å²) in [6, 6.07) is 22.3.